The fraction of sp³-hybridized carbons (Fsp3) is 0.571. The molecule has 0 aliphatic heterocycles. The maximum absolute atomic E-state index is 12.4. The molecule has 1 rings (SSSR count). The van der Waals surface area contributed by atoms with Crippen LogP contribution in [0.1, 0.15) is 25.8 Å². The van der Waals surface area contributed by atoms with Gasteiger partial charge in [-0.05, 0) is 30.4 Å². The van der Waals surface area contributed by atoms with Gasteiger partial charge < -0.3 is 10.5 Å². The van der Waals surface area contributed by atoms with Gasteiger partial charge in [0.15, 0.2) is 0 Å². The molecule has 0 aliphatic rings. The third-order valence-corrected chi connectivity index (χ3v) is 4.85. The van der Waals surface area contributed by atoms with Gasteiger partial charge in [0.1, 0.15) is 4.90 Å². The molecule has 0 fully saturated rings. The lowest BCUT2D eigenvalue weighted by atomic mass is 9.90. The summed E-state index contributed by atoms with van der Waals surface area (Å²) in [5.74, 6) is 0. The standard InChI is InChI=1S/C14H24N2O3S/c1-11-6-5-7-12(15)13(11)20(17,18)16-10-14(2,3)8-9-19-4/h5-7,16H,8-10,15H2,1-4H3. The molecule has 0 saturated carbocycles. The predicted molar refractivity (Wildman–Crippen MR) is 81.1 cm³/mol. The summed E-state index contributed by atoms with van der Waals surface area (Å²) in [5.41, 5.74) is 6.52. The molecule has 0 aliphatic carbocycles. The Kier molecular flexibility index (Phi) is 5.56. The third kappa shape index (κ3) is 4.47. The van der Waals surface area contributed by atoms with Crippen LogP contribution in [0.4, 0.5) is 5.69 Å². The molecule has 0 amide bonds. The zero-order chi connectivity index (χ0) is 15.4. The van der Waals surface area contributed by atoms with Crippen molar-refractivity contribution in [3.63, 3.8) is 0 Å². The SMILES string of the molecule is COCCC(C)(C)CNS(=O)(=O)c1c(C)cccc1N. The molecule has 0 spiro atoms. The molecule has 6 heteroatoms. The minimum atomic E-state index is -3.60. The largest absolute Gasteiger partial charge is 0.398 e. The quantitative estimate of drug-likeness (QED) is 0.754. The van der Waals surface area contributed by atoms with Gasteiger partial charge in [-0.25, -0.2) is 13.1 Å². The summed E-state index contributed by atoms with van der Waals surface area (Å²) in [6, 6.07) is 5.07. The molecule has 1 aromatic carbocycles. The number of aryl methyl sites for hydroxylation is 1. The second kappa shape index (κ2) is 6.56. The number of hydrogen-bond donors (Lipinski definition) is 2. The number of hydrogen-bond acceptors (Lipinski definition) is 4. The Morgan fingerprint density at radius 2 is 2.00 bits per heavy atom. The second-order valence-electron chi connectivity index (χ2n) is 5.72. The monoisotopic (exact) mass is 300 g/mol. The molecule has 0 aromatic heterocycles. The Morgan fingerprint density at radius 1 is 1.35 bits per heavy atom. The highest BCUT2D eigenvalue weighted by Crippen LogP contribution is 2.24. The van der Waals surface area contributed by atoms with Crippen LogP contribution in [-0.4, -0.2) is 28.7 Å². The van der Waals surface area contributed by atoms with E-state index < -0.39 is 10.0 Å². The van der Waals surface area contributed by atoms with Gasteiger partial charge in [-0.3, -0.25) is 0 Å². The third-order valence-electron chi connectivity index (χ3n) is 3.23. The van der Waals surface area contributed by atoms with Gasteiger partial charge in [0.25, 0.3) is 0 Å². The van der Waals surface area contributed by atoms with Crippen molar-refractivity contribution < 1.29 is 13.2 Å². The second-order valence-corrected chi connectivity index (χ2v) is 7.43. The minimum Gasteiger partial charge on any atom is -0.398 e. The number of methoxy groups -OCH3 is 1. The van der Waals surface area contributed by atoms with E-state index in [1.807, 2.05) is 13.8 Å². The van der Waals surface area contributed by atoms with Gasteiger partial charge in [-0.1, -0.05) is 26.0 Å². The fourth-order valence-electron chi connectivity index (χ4n) is 1.87. The summed E-state index contributed by atoms with van der Waals surface area (Å²) in [6.45, 7) is 6.67. The van der Waals surface area contributed by atoms with Crippen LogP contribution < -0.4 is 10.5 Å². The van der Waals surface area contributed by atoms with Crippen LogP contribution in [0.2, 0.25) is 0 Å². The Bertz CT molecular complexity index is 533. The smallest absolute Gasteiger partial charge is 0.242 e. The number of sulfonamides is 1. The van der Waals surface area contributed by atoms with Crippen molar-refractivity contribution in [3.05, 3.63) is 23.8 Å². The zero-order valence-corrected chi connectivity index (χ0v) is 13.4. The lowest BCUT2D eigenvalue weighted by Gasteiger charge is -2.25. The molecule has 0 saturated heterocycles. The first-order chi connectivity index (χ1) is 9.19. The van der Waals surface area contributed by atoms with Crippen molar-refractivity contribution >= 4 is 15.7 Å². The number of rotatable bonds is 7. The highest BCUT2D eigenvalue weighted by atomic mass is 32.2. The first-order valence-corrected chi connectivity index (χ1v) is 8.02. The maximum atomic E-state index is 12.4. The number of nitrogens with two attached hydrogens (primary N) is 1. The normalized spacial score (nSPS) is 12.6. The van der Waals surface area contributed by atoms with E-state index in [-0.39, 0.29) is 16.0 Å². The number of nitrogen functional groups attached to an aromatic ring is 1. The predicted octanol–water partition coefficient (Wildman–Crippen LogP) is 1.92. The van der Waals surface area contributed by atoms with Gasteiger partial charge in [-0.15, -0.1) is 0 Å². The highest BCUT2D eigenvalue weighted by Gasteiger charge is 2.24. The van der Waals surface area contributed by atoms with Crippen molar-refractivity contribution in [2.45, 2.75) is 32.1 Å². The van der Waals surface area contributed by atoms with E-state index in [0.29, 0.717) is 18.7 Å². The minimum absolute atomic E-state index is 0.169. The topological polar surface area (TPSA) is 81.4 Å². The molecule has 0 atom stereocenters. The Labute approximate surface area is 121 Å². The van der Waals surface area contributed by atoms with Crippen LogP contribution >= 0.6 is 0 Å². The summed E-state index contributed by atoms with van der Waals surface area (Å²) < 4.78 is 32.4. The van der Waals surface area contributed by atoms with Gasteiger partial charge >= 0.3 is 0 Å². The van der Waals surface area contributed by atoms with Crippen LogP contribution in [0.25, 0.3) is 0 Å². The van der Waals surface area contributed by atoms with Crippen LogP contribution in [0.5, 0.6) is 0 Å². The molecule has 0 radical (unpaired) electrons. The van der Waals surface area contributed by atoms with E-state index in [4.69, 9.17) is 10.5 Å². The van der Waals surface area contributed by atoms with E-state index in [0.717, 1.165) is 6.42 Å². The molecule has 0 bridgehead atoms. The van der Waals surface area contributed by atoms with E-state index in [1.54, 1.807) is 32.2 Å². The van der Waals surface area contributed by atoms with Crippen molar-refractivity contribution in [2.24, 2.45) is 5.41 Å². The lowest BCUT2D eigenvalue weighted by Crippen LogP contribution is -2.35. The molecular weight excluding hydrogens is 276 g/mol. The van der Waals surface area contributed by atoms with E-state index in [2.05, 4.69) is 4.72 Å². The Balaban J connectivity index is 2.86. The summed E-state index contributed by atoms with van der Waals surface area (Å²) in [7, 11) is -1.96. The first-order valence-electron chi connectivity index (χ1n) is 6.53. The zero-order valence-electron chi connectivity index (χ0n) is 12.6. The molecule has 1 aromatic rings. The van der Waals surface area contributed by atoms with E-state index >= 15 is 0 Å². The summed E-state index contributed by atoms with van der Waals surface area (Å²) in [5, 5.41) is 0. The van der Waals surface area contributed by atoms with Crippen molar-refractivity contribution in [1.29, 1.82) is 0 Å². The van der Waals surface area contributed by atoms with Crippen molar-refractivity contribution in [1.82, 2.24) is 4.72 Å². The molecule has 3 N–H and O–H groups in total. The molecule has 20 heavy (non-hydrogen) atoms. The number of benzene rings is 1. The summed E-state index contributed by atoms with van der Waals surface area (Å²) in [6.07, 6.45) is 0.773. The van der Waals surface area contributed by atoms with Gasteiger partial charge in [0.2, 0.25) is 10.0 Å². The van der Waals surface area contributed by atoms with Crippen molar-refractivity contribution in [2.75, 3.05) is 26.0 Å². The molecule has 114 valence electrons. The Morgan fingerprint density at radius 3 is 2.55 bits per heavy atom. The van der Waals surface area contributed by atoms with Crippen molar-refractivity contribution in [3.8, 4) is 0 Å². The molecule has 0 heterocycles. The fourth-order valence-corrected chi connectivity index (χ4v) is 3.47. The number of anilines is 1. The number of ether oxygens (including phenoxy) is 1. The average molecular weight is 300 g/mol. The Hall–Kier alpha value is -1.11. The molecule has 0 unspecified atom stereocenters. The average Bonchev–Trinajstić information content (AvgIpc) is 2.34. The van der Waals surface area contributed by atoms with Gasteiger partial charge in [0.05, 0.1) is 5.69 Å². The molecular formula is C14H24N2O3S. The number of nitrogens with one attached hydrogen (secondary N) is 1. The van der Waals surface area contributed by atoms with E-state index in [1.165, 1.54) is 0 Å². The lowest BCUT2D eigenvalue weighted by molar-refractivity contribution is 0.153. The van der Waals surface area contributed by atoms with Crippen LogP contribution in [0.15, 0.2) is 23.1 Å². The van der Waals surface area contributed by atoms with E-state index in [9.17, 15) is 8.42 Å². The summed E-state index contributed by atoms with van der Waals surface area (Å²) >= 11 is 0. The first kappa shape index (κ1) is 16.9. The molecule has 5 nitrogen and oxygen atoms in total. The van der Waals surface area contributed by atoms with Gasteiger partial charge in [0, 0.05) is 20.3 Å². The highest BCUT2D eigenvalue weighted by molar-refractivity contribution is 7.89. The van der Waals surface area contributed by atoms with Crippen LogP contribution in [-0.2, 0) is 14.8 Å². The summed E-state index contributed by atoms with van der Waals surface area (Å²) in [4.78, 5) is 0.169. The maximum Gasteiger partial charge on any atom is 0.242 e. The van der Waals surface area contributed by atoms with Gasteiger partial charge in [-0.2, -0.15) is 0 Å². The van der Waals surface area contributed by atoms with Crippen LogP contribution in [0, 0.1) is 12.3 Å². The van der Waals surface area contributed by atoms with Crippen LogP contribution in [0.3, 0.4) is 0 Å².